The van der Waals surface area contributed by atoms with E-state index < -0.39 is 78.5 Å². The average molecular weight is 293 g/mol. The lowest BCUT2D eigenvalue weighted by atomic mass is 10.2. The van der Waals surface area contributed by atoms with Crippen LogP contribution in [0, 0.1) is 0 Å². The number of Topliss-reactive ketones (excluding diaryl/α,β-unsaturated/α-hetero) is 1. The molecule has 0 aliphatic rings. The molecule has 0 bridgehead atoms. The van der Waals surface area contributed by atoms with Gasteiger partial charge in [0.25, 0.3) is 5.56 Å². The van der Waals surface area contributed by atoms with Gasteiger partial charge in [0.15, 0.2) is 11.2 Å². The molecule has 0 aromatic carbocycles. The molecule has 108 valence electrons. The molecule has 0 saturated heterocycles. The first-order valence-corrected chi connectivity index (χ1v) is 5.05. The number of imidazole rings is 1. The van der Waals surface area contributed by atoms with E-state index >= 15 is 0 Å². The number of rotatable bonds is 5. The number of hydrogen-bond acceptors (Lipinski definition) is 4. The van der Waals surface area contributed by atoms with Gasteiger partial charge < -0.3 is 9.36 Å². The highest BCUT2D eigenvalue weighted by Gasteiger charge is 2.14. The molecule has 20 heavy (non-hydrogen) atoms. The predicted octanol–water partition coefficient (Wildman–Crippen LogP) is 0.193. The summed E-state index contributed by atoms with van der Waals surface area (Å²) in [7, 11) is 1.02. The highest BCUT2D eigenvalue weighted by atomic mass is 16.2. The molecule has 0 fully saturated rings. The van der Waals surface area contributed by atoms with Crippen LogP contribution in [0.3, 0.4) is 0 Å². The van der Waals surface area contributed by atoms with Gasteiger partial charge in [0.2, 0.25) is 0 Å². The number of carbonyl (C=O) groups excluding carboxylic acids is 1. The Morgan fingerprint density at radius 2 is 2.30 bits per heavy atom. The third-order valence-corrected chi connectivity index (χ3v) is 2.26. The molecule has 0 amide bonds. The van der Waals surface area contributed by atoms with Gasteiger partial charge in [0.1, 0.15) is 7.15 Å². The van der Waals surface area contributed by atoms with Gasteiger partial charge in [-0.25, -0.2) is 9.78 Å². The van der Waals surface area contributed by atoms with E-state index in [1.807, 2.05) is 0 Å². The molecule has 0 saturated carbocycles. The number of aromatic nitrogens is 4. The van der Waals surface area contributed by atoms with Crippen LogP contribution in [0.25, 0.3) is 11.2 Å². The van der Waals surface area contributed by atoms with Crippen molar-refractivity contribution < 1.29 is 25.4 Å². The predicted molar refractivity (Wildman–Crippen MR) is 74.7 cm³/mol. The van der Waals surface area contributed by atoms with E-state index in [-0.39, 0.29) is 4.57 Å². The Bertz CT molecular complexity index is 1310. The molecule has 0 spiro atoms. The van der Waals surface area contributed by atoms with E-state index in [2.05, 4.69) is 4.98 Å². The van der Waals surface area contributed by atoms with Gasteiger partial charge in [-0.15, -0.1) is 0 Å². The van der Waals surface area contributed by atoms with Crippen LogP contribution in [0.15, 0.2) is 15.9 Å². The summed E-state index contributed by atoms with van der Waals surface area (Å²) < 4.78 is 115. The Morgan fingerprint density at radius 3 is 3.00 bits per heavy atom. The minimum absolute atomic E-state index is 0.201. The van der Waals surface area contributed by atoms with Crippen LogP contribution in [0.5, 0.6) is 0 Å². The highest BCUT2D eigenvalue weighted by molar-refractivity contribution is 5.75. The lowest BCUT2D eigenvalue weighted by molar-refractivity contribution is -0.117. The van der Waals surface area contributed by atoms with E-state index in [1.54, 1.807) is 0 Å². The standard InChI is InChI=1S/C13H18N4O3/c1-9(18)6-4-5-7-17-12(19)10-11(14-8-15(10)2)16(3)13(17)20/h8H,4-7H2,1-3H3/i1D3,3D3,4D2,5D2,6D2,7D2,8D. The third kappa shape index (κ3) is 2.43. The fourth-order valence-electron chi connectivity index (χ4n) is 1.42. The molecule has 7 heteroatoms. The second-order valence-corrected chi connectivity index (χ2v) is 3.52. The van der Waals surface area contributed by atoms with Crippen LogP contribution in [0.2, 0.25) is 0 Å². The molecular weight excluding hydrogens is 260 g/mol. The zero-order chi connectivity index (χ0) is 27.9. The Hall–Kier alpha value is -2.18. The van der Waals surface area contributed by atoms with E-state index in [0.29, 0.717) is 4.57 Å². The fourth-order valence-corrected chi connectivity index (χ4v) is 1.42. The largest absolute Gasteiger partial charge is 0.332 e. The van der Waals surface area contributed by atoms with Crippen molar-refractivity contribution in [2.45, 2.75) is 32.5 Å². The van der Waals surface area contributed by atoms with Crippen molar-refractivity contribution in [1.29, 1.82) is 0 Å². The van der Waals surface area contributed by atoms with Crippen molar-refractivity contribution in [3.8, 4) is 0 Å². The molecule has 2 heterocycles. The average Bonchev–Trinajstić information content (AvgIpc) is 2.92. The number of hydrogen-bond donors (Lipinski definition) is 0. The smallest absolute Gasteiger partial charge is 0.328 e. The van der Waals surface area contributed by atoms with E-state index in [9.17, 15) is 14.4 Å². The SMILES string of the molecule is [2H]c1nc2c(c(=O)n(C([2H])([2H])C([2H])([2H])C([2H])([2H])C([2H])([2H])C(=O)C([2H])([2H])[2H])c(=O)n2C([2H])([2H])[2H])n1C. The van der Waals surface area contributed by atoms with Crippen molar-refractivity contribution in [2.75, 3.05) is 0 Å². The topological polar surface area (TPSA) is 78.9 Å². The first-order valence-electron chi connectivity index (χ1n) is 12.5. The number of nitrogens with zero attached hydrogens (tertiary/aromatic N) is 4. The Balaban J connectivity index is 3.03. The molecule has 2 aromatic heterocycles. The van der Waals surface area contributed by atoms with Crippen molar-refractivity contribution >= 4 is 16.9 Å². The van der Waals surface area contributed by atoms with Gasteiger partial charge in [0, 0.05) is 43.3 Å². The second kappa shape index (κ2) is 5.44. The first-order chi connectivity index (χ1) is 15.3. The molecular formula is C13H18N4O3. The summed E-state index contributed by atoms with van der Waals surface area (Å²) in [6.45, 7) is -11.5. The van der Waals surface area contributed by atoms with Gasteiger partial charge in [0.05, 0.1) is 9.04 Å². The highest BCUT2D eigenvalue weighted by Crippen LogP contribution is 2.04. The van der Waals surface area contributed by atoms with Gasteiger partial charge in [-0.05, 0) is 19.6 Å². The summed E-state index contributed by atoms with van der Waals surface area (Å²) in [6.07, 6.45) is -13.7. The van der Waals surface area contributed by atoms with Crippen LogP contribution in [0.4, 0.5) is 0 Å². The molecule has 0 radical (unpaired) electrons. The molecule has 0 aliphatic carbocycles. The zero-order valence-corrected chi connectivity index (χ0v) is 10.0. The monoisotopic (exact) mass is 293 g/mol. The fraction of sp³-hybridized carbons (Fsp3) is 0.538. The van der Waals surface area contributed by atoms with Gasteiger partial charge >= 0.3 is 5.69 Å². The summed E-state index contributed by atoms with van der Waals surface area (Å²) in [5.41, 5.74) is -5.53. The molecule has 0 atom stereocenters. The summed E-state index contributed by atoms with van der Waals surface area (Å²) in [6, 6.07) is 0. The summed E-state index contributed by atoms with van der Waals surface area (Å²) in [4.78, 5) is 41.6. The molecule has 2 aromatic rings. The molecule has 0 aliphatic heterocycles. The van der Waals surface area contributed by atoms with Gasteiger partial charge in [-0.3, -0.25) is 13.9 Å². The first kappa shape index (κ1) is 4.41. The van der Waals surface area contributed by atoms with E-state index in [1.165, 1.54) is 0 Å². The van der Waals surface area contributed by atoms with Crippen molar-refractivity contribution in [2.24, 2.45) is 14.0 Å². The van der Waals surface area contributed by atoms with Crippen LogP contribution in [-0.2, 0) is 25.3 Å². The maximum Gasteiger partial charge on any atom is 0.332 e. The quantitative estimate of drug-likeness (QED) is 0.788. The molecule has 7 nitrogen and oxygen atoms in total. The number of ketones is 1. The lowest BCUT2D eigenvalue weighted by Gasteiger charge is -2.08. The molecule has 0 N–H and O–H groups in total. The maximum atomic E-state index is 13.1. The summed E-state index contributed by atoms with van der Waals surface area (Å²) in [5, 5.41) is 0. The van der Waals surface area contributed by atoms with Crippen LogP contribution >= 0.6 is 0 Å². The van der Waals surface area contributed by atoms with E-state index in [4.69, 9.17) is 20.6 Å². The van der Waals surface area contributed by atoms with Crippen molar-refractivity contribution in [3.63, 3.8) is 0 Å². The maximum absolute atomic E-state index is 13.1. The number of fused-ring (bicyclic) bond motifs is 1. The lowest BCUT2D eigenvalue weighted by Crippen LogP contribution is -2.39. The van der Waals surface area contributed by atoms with Crippen molar-refractivity contribution in [3.05, 3.63) is 27.1 Å². The number of aryl methyl sites for hydroxylation is 2. The normalized spacial score (nSPS) is 26.4. The minimum Gasteiger partial charge on any atom is -0.328 e. The molecule has 0 unspecified atom stereocenters. The summed E-state index contributed by atoms with van der Waals surface area (Å²) >= 11 is 0. The second-order valence-electron chi connectivity index (χ2n) is 3.52. The van der Waals surface area contributed by atoms with Crippen LogP contribution < -0.4 is 11.2 Å². The van der Waals surface area contributed by atoms with E-state index in [0.717, 1.165) is 7.05 Å². The van der Waals surface area contributed by atoms with Crippen LogP contribution in [-0.4, -0.2) is 24.5 Å². The van der Waals surface area contributed by atoms with Crippen LogP contribution in [0.1, 0.15) is 46.5 Å². The third-order valence-electron chi connectivity index (χ3n) is 2.26. The van der Waals surface area contributed by atoms with Gasteiger partial charge in [-0.1, -0.05) is 0 Å². The van der Waals surface area contributed by atoms with Crippen molar-refractivity contribution in [1.82, 2.24) is 18.7 Å². The minimum atomic E-state index is -4.35. The Labute approximate surface area is 136 Å². The Kier molecular flexibility index (Phi) is 1.20. The zero-order valence-electron chi connectivity index (χ0n) is 25.0. The summed E-state index contributed by atoms with van der Waals surface area (Å²) in [5.74, 6) is -2.41. The Morgan fingerprint density at radius 1 is 1.50 bits per heavy atom. The van der Waals surface area contributed by atoms with Gasteiger partial charge in [-0.2, -0.15) is 0 Å². The molecule has 2 rings (SSSR count). The number of carbonyl (C=O) groups is 1.